The number of carbonyl (C=O) groups is 1. The number of aromatic amines is 1. The van der Waals surface area contributed by atoms with Crippen LogP contribution in [0, 0.1) is 0 Å². The van der Waals surface area contributed by atoms with Crippen LogP contribution in [0.3, 0.4) is 0 Å². The lowest BCUT2D eigenvalue weighted by molar-refractivity contribution is 0.0899. The van der Waals surface area contributed by atoms with Gasteiger partial charge in [-0.25, -0.2) is 0 Å². The minimum Gasteiger partial charge on any atom is -0.349 e. The van der Waals surface area contributed by atoms with E-state index in [1.54, 1.807) is 12.1 Å². The van der Waals surface area contributed by atoms with E-state index >= 15 is 0 Å². The Morgan fingerprint density at radius 2 is 2.11 bits per heavy atom. The van der Waals surface area contributed by atoms with Gasteiger partial charge in [0.05, 0.1) is 0 Å². The number of hydrogen-bond acceptors (Lipinski definition) is 3. The number of hydrogen-bond donors (Lipinski definition) is 2. The van der Waals surface area contributed by atoms with Crippen LogP contribution in [0.25, 0.3) is 0 Å². The Morgan fingerprint density at radius 3 is 2.68 bits per heavy atom. The minimum atomic E-state index is -0.334. The third kappa shape index (κ3) is 3.44. The van der Waals surface area contributed by atoms with Crippen molar-refractivity contribution < 1.29 is 4.79 Å². The van der Waals surface area contributed by atoms with E-state index in [0.717, 1.165) is 25.9 Å². The number of carbonyl (C=O) groups excluding carboxylic acids is 1. The molecule has 0 bridgehead atoms. The van der Waals surface area contributed by atoms with Gasteiger partial charge in [-0.2, -0.15) is 0 Å². The normalized spacial score (nSPS) is 17.6. The average Bonchev–Trinajstić information content (AvgIpc) is 2.39. The second-order valence-corrected chi connectivity index (χ2v) is 5.29. The molecule has 0 atom stereocenters. The second-order valence-electron chi connectivity index (χ2n) is 5.29. The van der Waals surface area contributed by atoms with E-state index in [4.69, 9.17) is 0 Å². The molecular weight excluding hydrogens is 242 g/mol. The van der Waals surface area contributed by atoms with Crippen LogP contribution in [0.5, 0.6) is 0 Å². The lowest BCUT2D eigenvalue weighted by atomic mass is 10.0. The van der Waals surface area contributed by atoms with E-state index < -0.39 is 0 Å². The molecule has 0 spiro atoms. The molecule has 1 fully saturated rings. The fourth-order valence-electron chi connectivity index (χ4n) is 2.42. The van der Waals surface area contributed by atoms with Crippen LogP contribution >= 0.6 is 0 Å². The number of H-pyrrole nitrogens is 1. The van der Waals surface area contributed by atoms with Crippen LogP contribution in [-0.4, -0.2) is 41.0 Å². The number of piperidine rings is 1. The number of nitrogens with one attached hydrogen (secondary N) is 2. The Labute approximate surface area is 113 Å². The van der Waals surface area contributed by atoms with Gasteiger partial charge in [-0.1, -0.05) is 0 Å². The number of aromatic nitrogens is 1. The van der Waals surface area contributed by atoms with Gasteiger partial charge in [0, 0.05) is 31.4 Å². The number of likely N-dealkylation sites (tertiary alicyclic amines) is 1. The molecule has 0 radical (unpaired) electrons. The summed E-state index contributed by atoms with van der Waals surface area (Å²) in [6.45, 7) is 6.35. The van der Waals surface area contributed by atoms with Crippen molar-refractivity contribution >= 4 is 5.91 Å². The zero-order valence-corrected chi connectivity index (χ0v) is 11.5. The van der Waals surface area contributed by atoms with Crippen LogP contribution in [0.1, 0.15) is 37.0 Å². The first-order chi connectivity index (χ1) is 9.08. The van der Waals surface area contributed by atoms with Gasteiger partial charge in [-0.3, -0.25) is 9.59 Å². The summed E-state index contributed by atoms with van der Waals surface area (Å²) in [6.07, 6.45) is 3.41. The second kappa shape index (κ2) is 6.02. The summed E-state index contributed by atoms with van der Waals surface area (Å²) in [4.78, 5) is 28.4. The van der Waals surface area contributed by atoms with Crippen LogP contribution < -0.4 is 10.9 Å². The summed E-state index contributed by atoms with van der Waals surface area (Å²) in [5, 5.41) is 2.95. The van der Waals surface area contributed by atoms with Crippen LogP contribution in [0.2, 0.25) is 0 Å². The molecule has 5 heteroatoms. The molecule has 1 aromatic heterocycles. The molecule has 19 heavy (non-hydrogen) atoms. The fourth-order valence-corrected chi connectivity index (χ4v) is 2.42. The Bertz CT molecular complexity index is 487. The van der Waals surface area contributed by atoms with Gasteiger partial charge in [0.25, 0.3) is 11.5 Å². The zero-order chi connectivity index (χ0) is 13.8. The minimum absolute atomic E-state index is 0.169. The number of nitrogens with zero attached hydrogens (tertiary/aromatic N) is 1. The number of rotatable bonds is 3. The predicted molar refractivity (Wildman–Crippen MR) is 74.3 cm³/mol. The van der Waals surface area contributed by atoms with Gasteiger partial charge in [0.2, 0.25) is 0 Å². The first-order valence-corrected chi connectivity index (χ1v) is 6.80. The fraction of sp³-hybridized carbons (Fsp3) is 0.571. The maximum atomic E-state index is 12.0. The lowest BCUT2D eigenvalue weighted by Gasteiger charge is -2.34. The Morgan fingerprint density at radius 1 is 1.42 bits per heavy atom. The molecule has 0 saturated carbocycles. The smallest absolute Gasteiger partial charge is 0.260 e. The summed E-state index contributed by atoms with van der Waals surface area (Å²) in [7, 11) is 0. The molecule has 2 heterocycles. The molecule has 0 aromatic carbocycles. The van der Waals surface area contributed by atoms with Gasteiger partial charge in [0.15, 0.2) is 0 Å². The van der Waals surface area contributed by atoms with Crippen molar-refractivity contribution in [1.29, 1.82) is 0 Å². The first kappa shape index (κ1) is 13.8. The largest absolute Gasteiger partial charge is 0.349 e. The average molecular weight is 263 g/mol. The summed E-state index contributed by atoms with van der Waals surface area (Å²) in [5.41, 5.74) is -0.145. The summed E-state index contributed by atoms with van der Waals surface area (Å²) in [6, 6.07) is 3.94. The van der Waals surface area contributed by atoms with Crippen molar-refractivity contribution in [3.63, 3.8) is 0 Å². The maximum absolute atomic E-state index is 12.0. The highest BCUT2D eigenvalue weighted by molar-refractivity contribution is 5.93. The predicted octanol–water partition coefficient (Wildman–Crippen LogP) is 0.977. The third-order valence-corrected chi connectivity index (χ3v) is 3.66. The molecule has 0 aliphatic carbocycles. The summed E-state index contributed by atoms with van der Waals surface area (Å²) < 4.78 is 0. The molecule has 0 unspecified atom stereocenters. The molecular formula is C14H21N3O2. The van der Waals surface area contributed by atoms with Crippen molar-refractivity contribution in [3.8, 4) is 0 Å². The maximum Gasteiger partial charge on any atom is 0.260 e. The van der Waals surface area contributed by atoms with Crippen molar-refractivity contribution in [1.82, 2.24) is 15.2 Å². The van der Waals surface area contributed by atoms with E-state index in [9.17, 15) is 9.59 Å². The van der Waals surface area contributed by atoms with Crippen LogP contribution in [0.4, 0.5) is 0 Å². The molecule has 5 nitrogen and oxygen atoms in total. The molecule has 1 amide bonds. The van der Waals surface area contributed by atoms with Crippen molar-refractivity contribution in [2.75, 3.05) is 13.1 Å². The molecule has 2 N–H and O–H groups in total. The molecule has 1 aliphatic heterocycles. The van der Waals surface area contributed by atoms with Gasteiger partial charge < -0.3 is 15.2 Å². The van der Waals surface area contributed by atoms with E-state index in [0.29, 0.717) is 6.04 Å². The number of pyridine rings is 1. The van der Waals surface area contributed by atoms with Gasteiger partial charge in [-0.05, 0) is 38.8 Å². The van der Waals surface area contributed by atoms with E-state index in [-0.39, 0.29) is 23.1 Å². The van der Waals surface area contributed by atoms with Crippen LogP contribution in [-0.2, 0) is 0 Å². The van der Waals surface area contributed by atoms with Crippen molar-refractivity contribution in [2.24, 2.45) is 0 Å². The summed E-state index contributed by atoms with van der Waals surface area (Å²) >= 11 is 0. The Kier molecular flexibility index (Phi) is 4.37. The van der Waals surface area contributed by atoms with Gasteiger partial charge >= 0.3 is 0 Å². The molecule has 1 aliphatic rings. The zero-order valence-electron chi connectivity index (χ0n) is 11.5. The van der Waals surface area contributed by atoms with Gasteiger partial charge in [-0.15, -0.1) is 0 Å². The van der Waals surface area contributed by atoms with Crippen molar-refractivity contribution in [2.45, 2.75) is 38.8 Å². The molecule has 1 saturated heterocycles. The molecule has 104 valence electrons. The first-order valence-electron chi connectivity index (χ1n) is 6.80. The van der Waals surface area contributed by atoms with E-state index in [1.807, 2.05) is 0 Å². The Balaban J connectivity index is 1.91. The number of amides is 1. The lowest BCUT2D eigenvalue weighted by Crippen LogP contribution is -2.47. The monoisotopic (exact) mass is 263 g/mol. The Hall–Kier alpha value is -1.62. The van der Waals surface area contributed by atoms with Crippen molar-refractivity contribution in [3.05, 3.63) is 34.2 Å². The molecule has 2 rings (SSSR count). The highest BCUT2D eigenvalue weighted by Crippen LogP contribution is 2.13. The SMILES string of the molecule is CC(C)N1CCC(NC(=O)c2ccc[nH]c2=O)CC1. The summed E-state index contributed by atoms with van der Waals surface area (Å²) in [5.74, 6) is -0.273. The van der Waals surface area contributed by atoms with Crippen LogP contribution in [0.15, 0.2) is 23.1 Å². The van der Waals surface area contributed by atoms with E-state index in [2.05, 4.69) is 29.0 Å². The highest BCUT2D eigenvalue weighted by atomic mass is 16.2. The quantitative estimate of drug-likeness (QED) is 0.854. The molecule has 1 aromatic rings. The highest BCUT2D eigenvalue weighted by Gasteiger charge is 2.22. The van der Waals surface area contributed by atoms with E-state index in [1.165, 1.54) is 6.20 Å². The van der Waals surface area contributed by atoms with Gasteiger partial charge in [0.1, 0.15) is 5.56 Å². The third-order valence-electron chi connectivity index (χ3n) is 3.66. The topological polar surface area (TPSA) is 65.2 Å². The standard InChI is InChI=1S/C14H21N3O2/c1-10(2)17-8-5-11(6-9-17)16-14(19)12-4-3-7-15-13(12)18/h3-4,7,10-11H,5-6,8-9H2,1-2H3,(H,15,18)(H,16,19).